The topological polar surface area (TPSA) is 91.1 Å². The van der Waals surface area contributed by atoms with Crippen molar-refractivity contribution in [1.82, 2.24) is 9.46 Å². The van der Waals surface area contributed by atoms with E-state index >= 15 is 0 Å². The quantitative estimate of drug-likeness (QED) is 0.768. The van der Waals surface area contributed by atoms with Crippen molar-refractivity contribution in [3.63, 3.8) is 0 Å². The molecule has 2 aliphatic rings. The molecule has 2 aromatic rings. The van der Waals surface area contributed by atoms with Gasteiger partial charge in [-0.1, -0.05) is 5.16 Å². The van der Waals surface area contributed by atoms with Crippen LogP contribution in [0.4, 0.5) is 0 Å². The average Bonchev–Trinajstić information content (AvgIpc) is 3.29. The van der Waals surface area contributed by atoms with Gasteiger partial charge in [0.25, 0.3) is 0 Å². The van der Waals surface area contributed by atoms with Crippen LogP contribution in [-0.4, -0.2) is 57.1 Å². The number of sulfonamides is 1. The molecule has 2 saturated heterocycles. The molecule has 1 spiro atoms. The summed E-state index contributed by atoms with van der Waals surface area (Å²) in [6.07, 6.45) is 1.02. The number of piperidine rings is 1. The van der Waals surface area contributed by atoms with Crippen molar-refractivity contribution in [3.8, 4) is 17.1 Å². The highest BCUT2D eigenvalue weighted by Crippen LogP contribution is 2.37. The minimum Gasteiger partial charge on any atom is -0.495 e. The van der Waals surface area contributed by atoms with Crippen LogP contribution in [0.1, 0.15) is 24.1 Å². The molecule has 9 heteroatoms. The molecule has 28 heavy (non-hydrogen) atoms. The molecule has 0 atom stereocenters. The zero-order valence-corrected chi connectivity index (χ0v) is 17.0. The average molecular weight is 408 g/mol. The molecular formula is C19H24N2O6S. The van der Waals surface area contributed by atoms with Crippen molar-refractivity contribution in [2.24, 2.45) is 0 Å². The van der Waals surface area contributed by atoms with Crippen LogP contribution >= 0.6 is 0 Å². The number of hydrogen-bond donors (Lipinski definition) is 0. The molecule has 1 aromatic heterocycles. The maximum Gasteiger partial charge on any atom is 0.246 e. The van der Waals surface area contributed by atoms with Gasteiger partial charge >= 0.3 is 0 Å². The number of nitrogens with zero attached hydrogens (tertiary/aromatic N) is 2. The van der Waals surface area contributed by atoms with E-state index in [1.165, 1.54) is 11.4 Å². The van der Waals surface area contributed by atoms with E-state index in [-0.39, 0.29) is 4.90 Å². The van der Waals surface area contributed by atoms with Crippen molar-refractivity contribution in [1.29, 1.82) is 0 Å². The van der Waals surface area contributed by atoms with Gasteiger partial charge in [-0.15, -0.1) is 0 Å². The Bertz CT molecular complexity index is 968. The molecule has 0 aliphatic carbocycles. The summed E-state index contributed by atoms with van der Waals surface area (Å²) >= 11 is 0. The van der Waals surface area contributed by atoms with E-state index in [0.29, 0.717) is 56.2 Å². The van der Waals surface area contributed by atoms with E-state index in [2.05, 4.69) is 5.16 Å². The second kappa shape index (κ2) is 7.14. The molecule has 0 unspecified atom stereocenters. The lowest BCUT2D eigenvalue weighted by molar-refractivity contribution is -0.179. The van der Waals surface area contributed by atoms with Gasteiger partial charge in [-0.2, -0.15) is 4.31 Å². The predicted octanol–water partition coefficient (Wildman–Crippen LogP) is 2.49. The Labute approximate surface area is 164 Å². The first-order chi connectivity index (χ1) is 13.4. The molecule has 0 saturated carbocycles. The van der Waals surface area contributed by atoms with Gasteiger partial charge in [0.2, 0.25) is 10.0 Å². The second-order valence-electron chi connectivity index (χ2n) is 7.10. The smallest absolute Gasteiger partial charge is 0.246 e. The molecule has 4 rings (SSSR count). The van der Waals surface area contributed by atoms with Crippen LogP contribution in [0.25, 0.3) is 11.3 Å². The molecule has 0 amide bonds. The van der Waals surface area contributed by atoms with E-state index in [9.17, 15) is 8.42 Å². The van der Waals surface area contributed by atoms with Crippen molar-refractivity contribution in [3.05, 3.63) is 29.5 Å². The lowest BCUT2D eigenvalue weighted by atomic mass is 10.1. The standard InChI is InChI=1S/C19H24N2O6S/c1-13-14(2)20-27-18(13)15-4-5-16(24-3)17(12-15)28(22,23)21-8-6-19(7-9-21)25-10-11-26-19/h4-5,12H,6-11H2,1-3H3. The Morgan fingerprint density at radius 2 is 1.82 bits per heavy atom. The molecule has 2 aliphatic heterocycles. The first kappa shape index (κ1) is 19.4. The van der Waals surface area contributed by atoms with Gasteiger partial charge < -0.3 is 18.7 Å². The van der Waals surface area contributed by atoms with E-state index in [1.807, 2.05) is 13.8 Å². The molecule has 152 valence electrons. The second-order valence-corrected chi connectivity index (χ2v) is 9.01. The Kier molecular flexibility index (Phi) is 4.95. The summed E-state index contributed by atoms with van der Waals surface area (Å²) in [7, 11) is -2.29. The number of ether oxygens (including phenoxy) is 3. The van der Waals surface area contributed by atoms with Crippen molar-refractivity contribution >= 4 is 10.0 Å². The molecule has 2 fully saturated rings. The SMILES string of the molecule is COc1ccc(-c2onc(C)c2C)cc1S(=O)(=O)N1CCC2(CC1)OCCO2. The maximum absolute atomic E-state index is 13.4. The van der Waals surface area contributed by atoms with Crippen LogP contribution in [0.2, 0.25) is 0 Å². The van der Waals surface area contributed by atoms with Crippen molar-refractivity contribution < 1.29 is 27.2 Å². The molecular weight excluding hydrogens is 384 g/mol. The number of aromatic nitrogens is 1. The number of aryl methyl sites for hydroxylation is 1. The lowest BCUT2D eigenvalue weighted by Gasteiger charge is -2.37. The van der Waals surface area contributed by atoms with Crippen molar-refractivity contribution in [2.75, 3.05) is 33.4 Å². The van der Waals surface area contributed by atoms with Gasteiger partial charge in [0.15, 0.2) is 11.5 Å². The molecule has 8 nitrogen and oxygen atoms in total. The minimum absolute atomic E-state index is 0.116. The number of benzene rings is 1. The molecule has 3 heterocycles. The zero-order valence-electron chi connectivity index (χ0n) is 16.2. The first-order valence-electron chi connectivity index (χ1n) is 9.26. The Morgan fingerprint density at radius 3 is 2.39 bits per heavy atom. The van der Waals surface area contributed by atoms with E-state index in [0.717, 1.165) is 11.3 Å². The Balaban J connectivity index is 1.67. The summed E-state index contributed by atoms with van der Waals surface area (Å²) in [5.41, 5.74) is 2.30. The summed E-state index contributed by atoms with van der Waals surface area (Å²) < 4.78 is 50.3. The van der Waals surface area contributed by atoms with Gasteiger partial charge in [-0.05, 0) is 32.0 Å². The van der Waals surface area contributed by atoms with Gasteiger partial charge in [0.1, 0.15) is 10.6 Å². The Morgan fingerprint density at radius 1 is 1.14 bits per heavy atom. The summed E-state index contributed by atoms with van der Waals surface area (Å²) in [5.74, 6) is 0.222. The highest BCUT2D eigenvalue weighted by Gasteiger charge is 2.43. The third kappa shape index (κ3) is 3.22. The van der Waals surface area contributed by atoms with Gasteiger partial charge in [-0.3, -0.25) is 0 Å². The van der Waals surface area contributed by atoms with E-state index < -0.39 is 15.8 Å². The van der Waals surface area contributed by atoms with Crippen LogP contribution in [0.5, 0.6) is 5.75 Å². The molecule has 0 radical (unpaired) electrons. The van der Waals surface area contributed by atoms with E-state index in [4.69, 9.17) is 18.7 Å². The Hall–Kier alpha value is -1.94. The van der Waals surface area contributed by atoms with E-state index in [1.54, 1.807) is 18.2 Å². The van der Waals surface area contributed by atoms with Crippen molar-refractivity contribution in [2.45, 2.75) is 37.4 Å². The minimum atomic E-state index is -3.75. The highest BCUT2D eigenvalue weighted by molar-refractivity contribution is 7.89. The number of hydrogen-bond acceptors (Lipinski definition) is 7. The van der Waals surface area contributed by atoms with Crippen LogP contribution in [-0.2, 0) is 19.5 Å². The van der Waals surface area contributed by atoms with Gasteiger partial charge in [0.05, 0.1) is 26.0 Å². The third-order valence-corrected chi connectivity index (χ3v) is 7.42. The summed E-state index contributed by atoms with van der Waals surface area (Å²) in [6.45, 7) is 5.51. The van der Waals surface area contributed by atoms with Crippen LogP contribution in [0.3, 0.4) is 0 Å². The lowest BCUT2D eigenvalue weighted by Crippen LogP contribution is -2.47. The highest BCUT2D eigenvalue weighted by atomic mass is 32.2. The predicted molar refractivity (Wildman–Crippen MR) is 101 cm³/mol. The van der Waals surface area contributed by atoms with Gasteiger partial charge in [-0.25, -0.2) is 8.42 Å². The third-order valence-electron chi connectivity index (χ3n) is 5.50. The number of rotatable bonds is 4. The largest absolute Gasteiger partial charge is 0.495 e. The summed E-state index contributed by atoms with van der Waals surface area (Å²) in [6, 6.07) is 5.01. The maximum atomic E-state index is 13.4. The fourth-order valence-corrected chi connectivity index (χ4v) is 5.32. The van der Waals surface area contributed by atoms with Crippen LogP contribution in [0.15, 0.2) is 27.6 Å². The van der Waals surface area contributed by atoms with Crippen LogP contribution in [0, 0.1) is 13.8 Å². The molecule has 1 aromatic carbocycles. The molecule has 0 bridgehead atoms. The fraction of sp³-hybridized carbons (Fsp3) is 0.526. The fourth-order valence-electron chi connectivity index (χ4n) is 3.70. The monoisotopic (exact) mass is 408 g/mol. The van der Waals surface area contributed by atoms with Gasteiger partial charge in [0, 0.05) is 37.1 Å². The summed E-state index contributed by atoms with van der Waals surface area (Å²) in [4.78, 5) is 0.116. The first-order valence-corrected chi connectivity index (χ1v) is 10.7. The van der Waals surface area contributed by atoms with Crippen LogP contribution < -0.4 is 4.74 Å². The summed E-state index contributed by atoms with van der Waals surface area (Å²) in [5, 5.41) is 3.96. The normalized spacial score (nSPS) is 20.0. The number of methoxy groups -OCH3 is 1. The zero-order chi connectivity index (χ0) is 19.9. The molecule has 0 N–H and O–H groups in total.